The lowest BCUT2D eigenvalue weighted by Crippen LogP contribution is -2.52. The Morgan fingerprint density at radius 3 is 2.40 bits per heavy atom. The summed E-state index contributed by atoms with van der Waals surface area (Å²) in [5, 5.41) is 32.9. The fourth-order valence-corrected chi connectivity index (χ4v) is 5.07. The van der Waals surface area contributed by atoms with Crippen molar-refractivity contribution >= 4 is 51.9 Å². The number of halogens is 7. The number of alkyl halides is 4. The SMILES string of the molecule is COc1cc(C(=O)NCC(O)(c2cc(C(C)(CI)NCl)c(O)c(-c3ccc(F)c(Cl)c3)n2)C(F)(F)F)ccc1OCCO. The monoisotopic (exact) mass is 761 g/mol. The van der Waals surface area contributed by atoms with Crippen LogP contribution < -0.4 is 19.6 Å². The Bertz CT molecular complexity index is 1480. The van der Waals surface area contributed by atoms with E-state index in [9.17, 15) is 32.6 Å². The van der Waals surface area contributed by atoms with Gasteiger partial charge < -0.3 is 30.1 Å². The molecule has 1 amide bonds. The van der Waals surface area contributed by atoms with Gasteiger partial charge in [-0.1, -0.05) is 34.2 Å². The molecule has 16 heteroatoms. The van der Waals surface area contributed by atoms with Crippen molar-refractivity contribution in [2.45, 2.75) is 24.2 Å². The van der Waals surface area contributed by atoms with Crippen molar-refractivity contribution in [2.24, 2.45) is 0 Å². The number of rotatable bonds is 12. The number of methoxy groups -OCH3 is 1. The minimum atomic E-state index is -5.39. The Morgan fingerprint density at radius 1 is 1.14 bits per heavy atom. The quantitative estimate of drug-likeness (QED) is 0.0737. The maximum absolute atomic E-state index is 14.6. The van der Waals surface area contributed by atoms with Gasteiger partial charge in [0.15, 0.2) is 11.5 Å². The molecule has 2 aromatic carbocycles. The van der Waals surface area contributed by atoms with Crippen LogP contribution in [0.3, 0.4) is 0 Å². The molecule has 5 N–H and O–H groups in total. The fourth-order valence-electron chi connectivity index (χ4n) is 3.89. The van der Waals surface area contributed by atoms with Crippen LogP contribution in [0, 0.1) is 5.82 Å². The summed E-state index contributed by atoms with van der Waals surface area (Å²) in [6.07, 6.45) is -5.39. The molecule has 0 fully saturated rings. The minimum Gasteiger partial charge on any atom is -0.505 e. The molecule has 1 aromatic heterocycles. The van der Waals surface area contributed by atoms with Crippen molar-refractivity contribution in [2.75, 3.05) is 31.3 Å². The molecular formula is C27H26Cl2F4IN3O6. The van der Waals surface area contributed by atoms with E-state index < -0.39 is 52.7 Å². The fraction of sp³-hybridized carbons (Fsp3) is 0.333. The molecule has 3 rings (SSSR count). The molecular weight excluding hydrogens is 736 g/mol. The minimum absolute atomic E-state index is 0.0541. The van der Waals surface area contributed by atoms with Gasteiger partial charge >= 0.3 is 6.18 Å². The lowest BCUT2D eigenvalue weighted by atomic mass is 9.88. The highest BCUT2D eigenvalue weighted by molar-refractivity contribution is 14.1. The lowest BCUT2D eigenvalue weighted by Gasteiger charge is -2.33. The number of aliphatic hydroxyl groups is 2. The second kappa shape index (κ2) is 14.0. The normalized spacial score (nSPS) is 14.5. The molecule has 43 heavy (non-hydrogen) atoms. The first kappa shape index (κ1) is 34.9. The summed E-state index contributed by atoms with van der Waals surface area (Å²) in [7, 11) is 1.28. The number of nitrogens with zero attached hydrogens (tertiary/aromatic N) is 1. The van der Waals surface area contributed by atoms with Gasteiger partial charge in [0.25, 0.3) is 5.91 Å². The van der Waals surface area contributed by atoms with Gasteiger partial charge in [-0.3, -0.25) is 4.79 Å². The number of pyridine rings is 1. The van der Waals surface area contributed by atoms with Crippen LogP contribution >= 0.6 is 46.0 Å². The number of carbonyl (C=O) groups excluding carboxylic acids is 1. The average molecular weight is 762 g/mol. The first-order chi connectivity index (χ1) is 20.1. The number of aromatic hydroxyl groups is 1. The third kappa shape index (κ3) is 7.37. The van der Waals surface area contributed by atoms with E-state index in [4.69, 9.17) is 38.0 Å². The van der Waals surface area contributed by atoms with Crippen molar-refractivity contribution < 1.29 is 47.1 Å². The molecule has 0 radical (unpaired) electrons. The third-order valence-electron chi connectivity index (χ3n) is 6.43. The van der Waals surface area contributed by atoms with E-state index in [1.165, 1.54) is 32.2 Å². The molecule has 1 heterocycles. The van der Waals surface area contributed by atoms with Gasteiger partial charge in [0.05, 0.1) is 36.5 Å². The van der Waals surface area contributed by atoms with Crippen LogP contribution in [0.25, 0.3) is 11.3 Å². The summed E-state index contributed by atoms with van der Waals surface area (Å²) in [4.78, 5) is 19.3. The van der Waals surface area contributed by atoms with Gasteiger partial charge in [0.2, 0.25) is 5.60 Å². The number of carbonyl (C=O) groups is 1. The number of hydrogen-bond acceptors (Lipinski definition) is 8. The van der Waals surface area contributed by atoms with Gasteiger partial charge in [-0.25, -0.2) is 14.2 Å². The summed E-state index contributed by atoms with van der Waals surface area (Å²) in [5.41, 5.74) is -6.91. The van der Waals surface area contributed by atoms with E-state index in [0.29, 0.717) is 0 Å². The zero-order chi connectivity index (χ0) is 32.2. The van der Waals surface area contributed by atoms with Crippen molar-refractivity contribution in [3.8, 4) is 28.5 Å². The largest absolute Gasteiger partial charge is 0.505 e. The third-order valence-corrected chi connectivity index (χ3v) is 8.66. The van der Waals surface area contributed by atoms with E-state index in [1.54, 1.807) is 0 Å². The highest BCUT2D eigenvalue weighted by Gasteiger charge is 2.57. The van der Waals surface area contributed by atoms with E-state index >= 15 is 0 Å². The van der Waals surface area contributed by atoms with Crippen molar-refractivity contribution in [3.05, 3.63) is 70.1 Å². The molecule has 3 aromatic rings. The van der Waals surface area contributed by atoms with Gasteiger partial charge in [-0.15, -0.1) is 0 Å². The molecule has 0 saturated heterocycles. The Balaban J connectivity index is 2.12. The predicted molar refractivity (Wildman–Crippen MR) is 159 cm³/mol. The van der Waals surface area contributed by atoms with Crippen LogP contribution in [0.2, 0.25) is 5.02 Å². The number of hydrogen-bond donors (Lipinski definition) is 5. The second-order valence-electron chi connectivity index (χ2n) is 9.42. The van der Waals surface area contributed by atoms with Gasteiger partial charge in [0, 0.05) is 21.1 Å². The molecule has 0 saturated carbocycles. The summed E-state index contributed by atoms with van der Waals surface area (Å²) >= 11 is 13.7. The Morgan fingerprint density at radius 2 is 1.84 bits per heavy atom. The van der Waals surface area contributed by atoms with Crippen molar-refractivity contribution in [1.82, 2.24) is 15.1 Å². The number of ether oxygens (including phenoxy) is 2. The van der Waals surface area contributed by atoms with Crippen molar-refractivity contribution in [3.63, 3.8) is 0 Å². The number of aromatic nitrogens is 1. The topological polar surface area (TPSA) is 133 Å². The van der Waals surface area contributed by atoms with Crippen LogP contribution in [-0.2, 0) is 11.1 Å². The molecule has 2 atom stereocenters. The van der Waals surface area contributed by atoms with Gasteiger partial charge in [0.1, 0.15) is 23.9 Å². The Labute approximate surface area is 267 Å². The highest BCUT2D eigenvalue weighted by Crippen LogP contribution is 2.44. The highest BCUT2D eigenvalue weighted by atomic mass is 127. The Hall–Kier alpha value is -2.63. The van der Waals surface area contributed by atoms with Crippen LogP contribution in [0.4, 0.5) is 17.6 Å². The molecule has 0 aliphatic heterocycles. The zero-order valence-corrected chi connectivity index (χ0v) is 26.2. The maximum atomic E-state index is 14.6. The van der Waals surface area contributed by atoms with Gasteiger partial charge in [-0.05, 0) is 61.2 Å². The number of aliphatic hydroxyl groups excluding tert-OH is 1. The van der Waals surface area contributed by atoms with E-state index in [-0.39, 0.29) is 50.9 Å². The maximum Gasteiger partial charge on any atom is 0.424 e. The van der Waals surface area contributed by atoms with Crippen molar-refractivity contribution in [1.29, 1.82) is 0 Å². The second-order valence-corrected chi connectivity index (χ2v) is 10.8. The molecule has 234 valence electrons. The van der Waals surface area contributed by atoms with Crippen LogP contribution in [0.5, 0.6) is 17.2 Å². The number of nitrogens with one attached hydrogen (secondary N) is 2. The van der Waals surface area contributed by atoms with E-state index in [0.717, 1.165) is 24.3 Å². The van der Waals surface area contributed by atoms with E-state index in [1.807, 2.05) is 22.6 Å². The average Bonchev–Trinajstić information content (AvgIpc) is 2.99. The first-order valence-corrected chi connectivity index (χ1v) is 14.6. The molecule has 0 aliphatic carbocycles. The standard InChI is InChI=1S/C27H26Cl2F4IN3O6/c1-25(12-34,37-29)16-11-21(36-22(23(16)39)14-3-5-18(30)17(28)9-14)26(41,27(31,32)33)13-35-24(40)15-4-6-19(43-8-7-38)20(10-15)42-2/h3-6,9-11,37-39,41H,7-8,12-13H2,1-2H3,(H,35,40). The first-order valence-electron chi connectivity index (χ1n) is 12.3. The molecule has 9 nitrogen and oxygen atoms in total. The zero-order valence-electron chi connectivity index (χ0n) is 22.5. The van der Waals surface area contributed by atoms with Gasteiger partial charge in [-0.2, -0.15) is 13.2 Å². The summed E-state index contributed by atoms with van der Waals surface area (Å²) < 4.78 is 68.2. The Kier molecular flexibility index (Phi) is 11.3. The molecule has 2 unspecified atom stereocenters. The molecule has 0 bridgehead atoms. The van der Waals surface area contributed by atoms with Crippen LogP contribution in [0.15, 0.2) is 42.5 Å². The summed E-state index contributed by atoms with van der Waals surface area (Å²) in [6.45, 7) is -0.259. The summed E-state index contributed by atoms with van der Waals surface area (Å²) in [6, 6.07) is 7.75. The molecule has 0 aliphatic rings. The summed E-state index contributed by atoms with van der Waals surface area (Å²) in [5.74, 6) is -2.16. The molecule has 0 spiro atoms. The van der Waals surface area contributed by atoms with Crippen LogP contribution in [-0.4, -0.2) is 63.7 Å². The number of benzene rings is 2. The van der Waals surface area contributed by atoms with E-state index in [2.05, 4.69) is 15.1 Å². The smallest absolute Gasteiger partial charge is 0.424 e. The number of amides is 1. The van der Waals surface area contributed by atoms with Crippen LogP contribution in [0.1, 0.15) is 28.5 Å². The predicted octanol–water partition coefficient (Wildman–Crippen LogP) is 5.20. The lowest BCUT2D eigenvalue weighted by molar-refractivity contribution is -0.265.